The van der Waals surface area contributed by atoms with Gasteiger partial charge in [-0.1, -0.05) is 6.07 Å². The van der Waals surface area contributed by atoms with Crippen LogP contribution in [0.2, 0.25) is 0 Å². The van der Waals surface area contributed by atoms with Crippen LogP contribution in [0.3, 0.4) is 0 Å². The highest BCUT2D eigenvalue weighted by atomic mass is 19.4. The number of hydrogen-bond acceptors (Lipinski definition) is 4. The Morgan fingerprint density at radius 1 is 1.26 bits per heavy atom. The molecule has 9 heteroatoms. The van der Waals surface area contributed by atoms with Gasteiger partial charge in [0.15, 0.2) is 0 Å². The number of alkyl halides is 3. The Morgan fingerprint density at radius 3 is 2.48 bits per heavy atom. The average Bonchev–Trinajstić information content (AvgIpc) is 2.52. The van der Waals surface area contributed by atoms with E-state index in [2.05, 4.69) is 5.32 Å². The summed E-state index contributed by atoms with van der Waals surface area (Å²) >= 11 is 0. The van der Waals surface area contributed by atoms with E-state index >= 15 is 0 Å². The predicted molar refractivity (Wildman–Crippen MR) is 92.6 cm³/mol. The molecule has 0 aromatic heterocycles. The molecule has 1 aromatic rings. The average molecular weight is 388 g/mol. The molecule has 150 valence electrons. The number of halogens is 3. The van der Waals surface area contributed by atoms with Crippen LogP contribution in [-0.2, 0) is 15.7 Å². The summed E-state index contributed by atoms with van der Waals surface area (Å²) in [4.78, 5) is 25.2. The van der Waals surface area contributed by atoms with Crippen molar-refractivity contribution in [3.8, 4) is 0 Å². The second-order valence-corrected chi connectivity index (χ2v) is 7.48. The van der Waals surface area contributed by atoms with Crippen LogP contribution in [0.15, 0.2) is 24.3 Å². The number of anilines is 1. The number of alkyl carbamates (subject to hydrolysis) is 1. The highest BCUT2D eigenvalue weighted by molar-refractivity contribution is 5.75. The summed E-state index contributed by atoms with van der Waals surface area (Å²) < 4.78 is 43.9. The first-order valence-corrected chi connectivity index (χ1v) is 8.51. The number of ether oxygens (including phenoxy) is 1. The van der Waals surface area contributed by atoms with E-state index in [1.165, 1.54) is 12.1 Å². The first kappa shape index (κ1) is 20.9. The number of hydrogen-bond donors (Lipinski definition) is 2. The molecular formula is C18H23F3N2O4. The normalized spacial score (nSPS) is 20.9. The van der Waals surface area contributed by atoms with Crippen LogP contribution < -0.4 is 10.2 Å². The van der Waals surface area contributed by atoms with E-state index < -0.39 is 41.4 Å². The molecule has 0 saturated carbocycles. The van der Waals surface area contributed by atoms with Crippen molar-refractivity contribution in [2.24, 2.45) is 5.92 Å². The van der Waals surface area contributed by atoms with Crippen molar-refractivity contribution in [3.63, 3.8) is 0 Å². The zero-order valence-electron chi connectivity index (χ0n) is 15.3. The van der Waals surface area contributed by atoms with Gasteiger partial charge in [0.1, 0.15) is 5.60 Å². The number of piperidine rings is 1. The largest absolute Gasteiger partial charge is 0.481 e. The Hall–Kier alpha value is -2.45. The maximum atomic E-state index is 12.9. The molecule has 1 aromatic carbocycles. The first-order chi connectivity index (χ1) is 12.4. The standard InChI is InChI=1S/C18H23F3N2O4/c1-17(2,3)27-16(26)22-14-7-8-23(10-13(14)15(24)25)12-6-4-5-11(9-12)18(19,20)21/h4-6,9,13-14H,7-8,10H2,1-3H3,(H,22,26)(H,24,25). The van der Waals surface area contributed by atoms with Crippen molar-refractivity contribution in [2.45, 2.75) is 45.0 Å². The van der Waals surface area contributed by atoms with Crippen LogP contribution in [-0.4, -0.2) is 41.9 Å². The Kier molecular flexibility index (Phi) is 5.91. The van der Waals surface area contributed by atoms with Crippen molar-refractivity contribution < 1.29 is 32.6 Å². The number of carbonyl (C=O) groups excluding carboxylic acids is 1. The summed E-state index contributed by atoms with van der Waals surface area (Å²) in [6.07, 6.45) is -4.92. The van der Waals surface area contributed by atoms with Crippen LogP contribution in [0.5, 0.6) is 0 Å². The van der Waals surface area contributed by atoms with Crippen LogP contribution in [0.4, 0.5) is 23.7 Å². The molecule has 6 nitrogen and oxygen atoms in total. The topological polar surface area (TPSA) is 78.9 Å². The lowest BCUT2D eigenvalue weighted by molar-refractivity contribution is -0.143. The van der Waals surface area contributed by atoms with Crippen LogP contribution in [0, 0.1) is 5.92 Å². The van der Waals surface area contributed by atoms with E-state index in [-0.39, 0.29) is 13.0 Å². The van der Waals surface area contributed by atoms with Gasteiger partial charge >= 0.3 is 18.2 Å². The lowest BCUT2D eigenvalue weighted by Gasteiger charge is -2.38. The second-order valence-electron chi connectivity index (χ2n) is 7.48. The molecule has 1 aliphatic heterocycles. The smallest absolute Gasteiger partial charge is 0.416 e. The molecule has 1 aliphatic rings. The number of rotatable bonds is 3. The van der Waals surface area contributed by atoms with E-state index in [0.717, 1.165) is 12.1 Å². The molecule has 2 N–H and O–H groups in total. The Balaban J connectivity index is 2.12. The van der Waals surface area contributed by atoms with Crippen molar-refractivity contribution >= 4 is 17.7 Å². The van der Waals surface area contributed by atoms with E-state index in [1.807, 2.05) is 0 Å². The van der Waals surface area contributed by atoms with Gasteiger partial charge in [0, 0.05) is 24.8 Å². The van der Waals surface area contributed by atoms with Gasteiger partial charge in [-0.25, -0.2) is 4.79 Å². The number of carboxylic acid groups (broad SMARTS) is 1. The Morgan fingerprint density at radius 2 is 1.93 bits per heavy atom. The minimum absolute atomic E-state index is 0.0168. The fourth-order valence-corrected chi connectivity index (χ4v) is 2.95. The number of nitrogens with zero attached hydrogens (tertiary/aromatic N) is 1. The van der Waals surface area contributed by atoms with Gasteiger partial charge < -0.3 is 20.1 Å². The van der Waals surface area contributed by atoms with Gasteiger partial charge in [-0.15, -0.1) is 0 Å². The quantitative estimate of drug-likeness (QED) is 0.829. The summed E-state index contributed by atoms with van der Waals surface area (Å²) in [5, 5.41) is 12.1. The first-order valence-electron chi connectivity index (χ1n) is 8.51. The molecule has 0 spiro atoms. The molecule has 27 heavy (non-hydrogen) atoms. The summed E-state index contributed by atoms with van der Waals surface area (Å²) in [6.45, 7) is 5.37. The molecule has 1 fully saturated rings. The molecule has 0 aliphatic carbocycles. The van der Waals surface area contributed by atoms with Gasteiger partial charge in [0.2, 0.25) is 0 Å². The van der Waals surface area contributed by atoms with Crippen molar-refractivity contribution in [1.29, 1.82) is 0 Å². The third-order valence-electron chi connectivity index (χ3n) is 4.17. The SMILES string of the molecule is CC(C)(C)OC(=O)NC1CCN(c2cccc(C(F)(F)F)c2)CC1C(=O)O. The van der Waals surface area contributed by atoms with Crippen LogP contribution >= 0.6 is 0 Å². The van der Waals surface area contributed by atoms with E-state index in [0.29, 0.717) is 12.2 Å². The highest BCUT2D eigenvalue weighted by Gasteiger charge is 2.37. The van der Waals surface area contributed by atoms with Crippen molar-refractivity contribution in [2.75, 3.05) is 18.0 Å². The van der Waals surface area contributed by atoms with Gasteiger partial charge in [-0.3, -0.25) is 4.79 Å². The van der Waals surface area contributed by atoms with Crippen LogP contribution in [0.25, 0.3) is 0 Å². The zero-order chi connectivity index (χ0) is 20.4. The van der Waals surface area contributed by atoms with Crippen molar-refractivity contribution in [1.82, 2.24) is 5.32 Å². The molecule has 0 bridgehead atoms. The lowest BCUT2D eigenvalue weighted by atomic mass is 9.91. The molecule has 1 heterocycles. The van der Waals surface area contributed by atoms with Crippen LogP contribution in [0.1, 0.15) is 32.8 Å². The minimum atomic E-state index is -4.47. The molecular weight excluding hydrogens is 365 g/mol. The van der Waals surface area contributed by atoms with E-state index in [9.17, 15) is 27.9 Å². The number of amides is 1. The van der Waals surface area contributed by atoms with Crippen molar-refractivity contribution in [3.05, 3.63) is 29.8 Å². The third kappa shape index (κ3) is 5.77. The third-order valence-corrected chi connectivity index (χ3v) is 4.17. The summed E-state index contributed by atoms with van der Waals surface area (Å²) in [5.74, 6) is -2.10. The number of carboxylic acids is 1. The fraction of sp³-hybridized carbons (Fsp3) is 0.556. The number of carbonyl (C=O) groups is 2. The molecule has 2 atom stereocenters. The number of benzene rings is 1. The predicted octanol–water partition coefficient (Wildman–Crippen LogP) is 3.51. The Bertz CT molecular complexity index is 701. The second kappa shape index (κ2) is 7.66. The van der Waals surface area contributed by atoms with Gasteiger partial charge in [0.05, 0.1) is 11.5 Å². The zero-order valence-corrected chi connectivity index (χ0v) is 15.3. The minimum Gasteiger partial charge on any atom is -0.481 e. The monoisotopic (exact) mass is 388 g/mol. The maximum absolute atomic E-state index is 12.9. The fourth-order valence-electron chi connectivity index (χ4n) is 2.95. The number of aliphatic carboxylic acids is 1. The number of nitrogens with one attached hydrogen (secondary N) is 1. The molecule has 0 radical (unpaired) electrons. The Labute approximate surface area is 155 Å². The molecule has 1 amide bonds. The van der Waals surface area contributed by atoms with Gasteiger partial charge in [-0.05, 0) is 45.4 Å². The molecule has 2 rings (SSSR count). The highest BCUT2D eigenvalue weighted by Crippen LogP contribution is 2.33. The van der Waals surface area contributed by atoms with E-state index in [4.69, 9.17) is 4.74 Å². The summed E-state index contributed by atoms with van der Waals surface area (Å²) in [6, 6.07) is 4.10. The summed E-state index contributed by atoms with van der Waals surface area (Å²) in [7, 11) is 0. The maximum Gasteiger partial charge on any atom is 0.416 e. The van der Waals surface area contributed by atoms with E-state index in [1.54, 1.807) is 25.7 Å². The molecule has 1 saturated heterocycles. The van der Waals surface area contributed by atoms with Gasteiger partial charge in [-0.2, -0.15) is 13.2 Å². The lowest BCUT2D eigenvalue weighted by Crippen LogP contribution is -2.54. The van der Waals surface area contributed by atoms with Gasteiger partial charge in [0.25, 0.3) is 0 Å². The summed E-state index contributed by atoms with van der Waals surface area (Å²) in [5.41, 5.74) is -1.21. The molecule has 2 unspecified atom stereocenters.